The smallest absolute Gasteiger partial charge is 0.406 e. The van der Waals surface area contributed by atoms with Crippen LogP contribution in [-0.2, 0) is 13.5 Å². The lowest BCUT2D eigenvalue weighted by molar-refractivity contribution is -0.274. The third-order valence-corrected chi connectivity index (χ3v) is 4.22. The Bertz CT molecular complexity index is 1000. The van der Waals surface area contributed by atoms with E-state index in [1.165, 1.54) is 12.1 Å². The average Bonchev–Trinajstić information content (AvgIpc) is 3.00. The van der Waals surface area contributed by atoms with Gasteiger partial charge in [0.05, 0.1) is 22.9 Å². The maximum Gasteiger partial charge on any atom is 0.573 e. The SMILES string of the molecule is CNCCc1cc(-c2ccc(OC(F)(F)F)cc2)c2ncn(C)c2c1C#N. The van der Waals surface area contributed by atoms with Crippen LogP contribution in [-0.4, -0.2) is 29.5 Å². The number of nitrogens with one attached hydrogen (secondary N) is 1. The molecule has 0 unspecified atom stereocenters. The zero-order chi connectivity index (χ0) is 19.6. The number of ether oxygens (including phenoxy) is 1. The van der Waals surface area contributed by atoms with Crippen LogP contribution in [0.1, 0.15) is 11.1 Å². The lowest BCUT2D eigenvalue weighted by Crippen LogP contribution is -2.16. The van der Waals surface area contributed by atoms with Crippen LogP contribution < -0.4 is 10.1 Å². The molecule has 0 aliphatic carbocycles. The van der Waals surface area contributed by atoms with Gasteiger partial charge in [0.2, 0.25) is 0 Å². The first-order valence-corrected chi connectivity index (χ1v) is 8.22. The quantitative estimate of drug-likeness (QED) is 0.738. The number of aromatic nitrogens is 2. The van der Waals surface area contributed by atoms with Gasteiger partial charge in [0.15, 0.2) is 0 Å². The summed E-state index contributed by atoms with van der Waals surface area (Å²) < 4.78 is 42.8. The minimum atomic E-state index is -4.73. The Morgan fingerprint density at radius 1 is 1.26 bits per heavy atom. The molecule has 0 aliphatic heterocycles. The highest BCUT2D eigenvalue weighted by Gasteiger charge is 2.31. The first kappa shape index (κ1) is 18.7. The minimum Gasteiger partial charge on any atom is -0.406 e. The van der Waals surface area contributed by atoms with Crippen molar-refractivity contribution in [2.45, 2.75) is 12.8 Å². The number of likely N-dealkylation sites (N-methyl/N-ethyl adjacent to an activating group) is 1. The fraction of sp³-hybridized carbons (Fsp3) is 0.263. The summed E-state index contributed by atoms with van der Waals surface area (Å²) in [7, 11) is 3.64. The fourth-order valence-electron chi connectivity index (χ4n) is 3.03. The van der Waals surface area contributed by atoms with Gasteiger partial charge in [0, 0.05) is 12.6 Å². The number of benzene rings is 2. The predicted molar refractivity (Wildman–Crippen MR) is 95.2 cm³/mol. The van der Waals surface area contributed by atoms with E-state index in [0.29, 0.717) is 35.1 Å². The van der Waals surface area contributed by atoms with Gasteiger partial charge < -0.3 is 14.6 Å². The van der Waals surface area contributed by atoms with Crippen molar-refractivity contribution in [3.05, 3.63) is 47.8 Å². The van der Waals surface area contributed by atoms with Crippen molar-refractivity contribution in [1.29, 1.82) is 5.26 Å². The molecule has 0 saturated carbocycles. The van der Waals surface area contributed by atoms with E-state index < -0.39 is 6.36 Å². The Hall–Kier alpha value is -3.05. The largest absolute Gasteiger partial charge is 0.573 e. The van der Waals surface area contributed by atoms with Gasteiger partial charge in [-0.3, -0.25) is 0 Å². The normalized spacial score (nSPS) is 11.6. The molecule has 27 heavy (non-hydrogen) atoms. The zero-order valence-electron chi connectivity index (χ0n) is 14.8. The van der Waals surface area contributed by atoms with Crippen LogP contribution in [0.25, 0.3) is 22.2 Å². The monoisotopic (exact) mass is 374 g/mol. The maximum atomic E-state index is 12.4. The maximum absolute atomic E-state index is 12.4. The molecule has 0 fully saturated rings. The number of nitriles is 1. The molecule has 0 radical (unpaired) electrons. The molecule has 8 heteroatoms. The van der Waals surface area contributed by atoms with Gasteiger partial charge in [-0.25, -0.2) is 4.98 Å². The summed E-state index contributed by atoms with van der Waals surface area (Å²) in [5, 5.41) is 12.7. The van der Waals surface area contributed by atoms with E-state index in [1.54, 1.807) is 23.0 Å². The van der Waals surface area contributed by atoms with Crippen molar-refractivity contribution in [2.24, 2.45) is 7.05 Å². The Morgan fingerprint density at radius 2 is 1.96 bits per heavy atom. The molecular formula is C19H17F3N4O. The van der Waals surface area contributed by atoms with Gasteiger partial charge in [-0.1, -0.05) is 12.1 Å². The van der Waals surface area contributed by atoms with Gasteiger partial charge in [-0.2, -0.15) is 5.26 Å². The Morgan fingerprint density at radius 3 is 2.56 bits per heavy atom. The summed E-state index contributed by atoms with van der Waals surface area (Å²) in [6.07, 6.45) is -2.47. The average molecular weight is 374 g/mol. The molecular weight excluding hydrogens is 357 g/mol. The molecule has 1 aromatic heterocycles. The second kappa shape index (κ2) is 7.29. The van der Waals surface area contributed by atoms with Crippen LogP contribution in [0.5, 0.6) is 5.75 Å². The van der Waals surface area contributed by atoms with Gasteiger partial charge in [-0.15, -0.1) is 13.2 Å². The Balaban J connectivity index is 2.12. The molecule has 0 amide bonds. The number of hydrogen-bond donors (Lipinski definition) is 1. The molecule has 2 aromatic carbocycles. The van der Waals surface area contributed by atoms with Crippen molar-refractivity contribution < 1.29 is 17.9 Å². The van der Waals surface area contributed by atoms with Gasteiger partial charge in [0.25, 0.3) is 0 Å². The number of alkyl halides is 3. The number of aryl methyl sites for hydroxylation is 1. The summed E-state index contributed by atoms with van der Waals surface area (Å²) in [5.74, 6) is -0.285. The van der Waals surface area contributed by atoms with Crippen molar-refractivity contribution in [3.63, 3.8) is 0 Å². The fourth-order valence-corrected chi connectivity index (χ4v) is 3.03. The second-order valence-corrected chi connectivity index (χ2v) is 6.05. The van der Waals surface area contributed by atoms with Crippen molar-refractivity contribution in [1.82, 2.24) is 14.9 Å². The third-order valence-electron chi connectivity index (χ3n) is 4.22. The lowest BCUT2D eigenvalue weighted by atomic mass is 9.95. The molecule has 5 nitrogen and oxygen atoms in total. The van der Waals surface area contributed by atoms with E-state index in [0.717, 1.165) is 11.1 Å². The first-order valence-electron chi connectivity index (χ1n) is 8.22. The van der Waals surface area contributed by atoms with E-state index in [-0.39, 0.29) is 5.75 Å². The van der Waals surface area contributed by atoms with E-state index in [1.807, 2.05) is 20.2 Å². The molecule has 0 bridgehead atoms. The predicted octanol–water partition coefficient (Wildman–Crippen LogP) is 3.77. The van der Waals surface area contributed by atoms with Crippen LogP contribution in [0.3, 0.4) is 0 Å². The summed E-state index contributed by atoms with van der Waals surface area (Å²) in [4.78, 5) is 4.39. The van der Waals surface area contributed by atoms with Crippen molar-refractivity contribution in [3.8, 4) is 22.9 Å². The highest BCUT2D eigenvalue weighted by atomic mass is 19.4. The summed E-state index contributed by atoms with van der Waals surface area (Å²) >= 11 is 0. The summed E-state index contributed by atoms with van der Waals surface area (Å²) in [6.45, 7) is 0.690. The third kappa shape index (κ3) is 3.88. The second-order valence-electron chi connectivity index (χ2n) is 6.05. The van der Waals surface area contributed by atoms with Crippen LogP contribution in [0.2, 0.25) is 0 Å². The van der Waals surface area contributed by atoms with E-state index >= 15 is 0 Å². The number of fused-ring (bicyclic) bond motifs is 1. The molecule has 140 valence electrons. The number of nitrogens with zero attached hydrogens (tertiary/aromatic N) is 3. The van der Waals surface area contributed by atoms with Crippen LogP contribution >= 0.6 is 0 Å². The van der Waals surface area contributed by atoms with Crippen molar-refractivity contribution >= 4 is 11.0 Å². The summed E-state index contributed by atoms with van der Waals surface area (Å²) in [5.41, 5.74) is 4.20. The standard InChI is InChI=1S/C19H17F3N4O/c1-24-8-7-13-9-15(17-18(16(13)10-23)26(2)11-25-17)12-3-5-14(6-4-12)27-19(20,21)22/h3-6,9,11,24H,7-8H2,1-2H3. The molecule has 1 N–H and O–H groups in total. The van der Waals surface area contributed by atoms with Crippen LogP contribution in [0.4, 0.5) is 13.2 Å². The zero-order valence-corrected chi connectivity index (χ0v) is 14.8. The van der Waals surface area contributed by atoms with Gasteiger partial charge >= 0.3 is 6.36 Å². The molecule has 1 heterocycles. The van der Waals surface area contributed by atoms with Gasteiger partial charge in [0.1, 0.15) is 11.8 Å². The first-order chi connectivity index (χ1) is 12.8. The Kier molecular flexibility index (Phi) is 5.06. The number of rotatable bonds is 5. The van der Waals surface area contributed by atoms with Gasteiger partial charge in [-0.05, 0) is 49.3 Å². The summed E-state index contributed by atoms with van der Waals surface area (Å²) in [6, 6.07) is 9.78. The number of halogens is 3. The van der Waals surface area contributed by atoms with Crippen molar-refractivity contribution in [2.75, 3.05) is 13.6 Å². The number of hydrogen-bond acceptors (Lipinski definition) is 4. The molecule has 0 saturated heterocycles. The molecule has 0 atom stereocenters. The van der Waals surface area contributed by atoms with E-state index in [2.05, 4.69) is 21.1 Å². The number of imidazole rings is 1. The molecule has 0 spiro atoms. The molecule has 3 aromatic rings. The lowest BCUT2D eigenvalue weighted by Gasteiger charge is -2.12. The topological polar surface area (TPSA) is 62.9 Å². The van der Waals surface area contributed by atoms with Crippen LogP contribution in [0, 0.1) is 11.3 Å². The minimum absolute atomic E-state index is 0.285. The molecule has 0 aliphatic rings. The van der Waals surface area contributed by atoms with Crippen LogP contribution in [0.15, 0.2) is 36.7 Å². The highest BCUT2D eigenvalue weighted by Crippen LogP contribution is 2.34. The van der Waals surface area contributed by atoms with E-state index in [9.17, 15) is 18.4 Å². The Labute approximate surface area is 154 Å². The molecule has 3 rings (SSSR count). The highest BCUT2D eigenvalue weighted by molar-refractivity contribution is 5.96. The van der Waals surface area contributed by atoms with E-state index in [4.69, 9.17) is 0 Å².